The summed E-state index contributed by atoms with van der Waals surface area (Å²) in [7, 11) is 0. The summed E-state index contributed by atoms with van der Waals surface area (Å²) in [5, 5.41) is 11.8. The van der Waals surface area contributed by atoms with Crippen molar-refractivity contribution in [1.29, 1.82) is 0 Å². The van der Waals surface area contributed by atoms with Gasteiger partial charge in [-0.25, -0.2) is 4.79 Å². The predicted molar refractivity (Wildman–Crippen MR) is 139 cm³/mol. The van der Waals surface area contributed by atoms with Gasteiger partial charge in [0.2, 0.25) is 0 Å². The van der Waals surface area contributed by atoms with Crippen molar-refractivity contribution in [1.82, 2.24) is 0 Å². The number of hydrogen-bond acceptors (Lipinski definition) is 7. The van der Waals surface area contributed by atoms with Crippen LogP contribution in [0.5, 0.6) is 0 Å². The van der Waals surface area contributed by atoms with E-state index in [1.807, 2.05) is 60.7 Å². The Bertz CT molecular complexity index is 971. The fourth-order valence-electron chi connectivity index (χ4n) is 5.04. The minimum Gasteiger partial charge on any atom is -0.461 e. The van der Waals surface area contributed by atoms with Crippen molar-refractivity contribution in [3.8, 4) is 0 Å². The Morgan fingerprint density at radius 1 is 0.946 bits per heavy atom. The minimum absolute atomic E-state index is 0.0393. The van der Waals surface area contributed by atoms with Gasteiger partial charge in [-0.1, -0.05) is 81.4 Å². The zero-order valence-corrected chi connectivity index (χ0v) is 22.2. The van der Waals surface area contributed by atoms with Crippen LogP contribution < -0.4 is 0 Å². The Labute approximate surface area is 219 Å². The van der Waals surface area contributed by atoms with E-state index in [0.29, 0.717) is 13.2 Å². The fourth-order valence-corrected chi connectivity index (χ4v) is 5.04. The van der Waals surface area contributed by atoms with Gasteiger partial charge in [-0.3, -0.25) is 10.1 Å². The van der Waals surface area contributed by atoms with Crippen LogP contribution >= 0.6 is 0 Å². The van der Waals surface area contributed by atoms with Crippen molar-refractivity contribution in [3.05, 3.63) is 81.9 Å². The number of carbonyl (C=O) groups excluding carboxylic acids is 1. The first-order chi connectivity index (χ1) is 17.8. The molecule has 0 amide bonds. The molecule has 2 unspecified atom stereocenters. The third-order valence-corrected chi connectivity index (χ3v) is 7.02. The van der Waals surface area contributed by atoms with Crippen LogP contribution in [-0.2, 0) is 37.0 Å². The van der Waals surface area contributed by atoms with Gasteiger partial charge < -0.3 is 18.9 Å². The number of nitro groups is 1. The van der Waals surface area contributed by atoms with Gasteiger partial charge >= 0.3 is 12.0 Å². The molecule has 0 aromatic heterocycles. The van der Waals surface area contributed by atoms with Crippen LogP contribution in [0.3, 0.4) is 0 Å². The van der Waals surface area contributed by atoms with Gasteiger partial charge in [-0.15, -0.1) is 0 Å². The average molecular weight is 514 g/mol. The molecule has 0 saturated carbocycles. The Hall–Kier alpha value is -2.81. The van der Waals surface area contributed by atoms with E-state index < -0.39 is 35.1 Å². The predicted octanol–water partition coefficient (Wildman–Crippen LogP) is 5.21. The normalized spacial score (nSPS) is 25.2. The highest BCUT2D eigenvalue weighted by atomic mass is 16.6. The molecule has 0 spiro atoms. The van der Waals surface area contributed by atoms with Crippen molar-refractivity contribution in [2.45, 2.75) is 84.2 Å². The highest BCUT2D eigenvalue weighted by Crippen LogP contribution is 2.36. The van der Waals surface area contributed by atoms with E-state index in [9.17, 15) is 14.9 Å². The number of ether oxygens (including phenoxy) is 4. The molecular formula is C29H39NO7. The molecule has 1 saturated heterocycles. The van der Waals surface area contributed by atoms with Crippen molar-refractivity contribution < 1.29 is 28.7 Å². The molecule has 37 heavy (non-hydrogen) atoms. The zero-order valence-electron chi connectivity index (χ0n) is 22.2. The minimum atomic E-state index is -1.47. The molecule has 7 atom stereocenters. The first-order valence-corrected chi connectivity index (χ1v) is 13.1. The number of benzene rings is 2. The summed E-state index contributed by atoms with van der Waals surface area (Å²) in [5.41, 5.74) is 2.06. The van der Waals surface area contributed by atoms with Crippen LogP contribution in [-0.4, -0.2) is 48.0 Å². The number of carbonyl (C=O) groups is 1. The van der Waals surface area contributed by atoms with Gasteiger partial charge in [0, 0.05) is 16.8 Å². The van der Waals surface area contributed by atoms with Gasteiger partial charge in [0.25, 0.3) is 0 Å². The number of esters is 1. The van der Waals surface area contributed by atoms with Crippen LogP contribution in [0.15, 0.2) is 60.7 Å². The summed E-state index contributed by atoms with van der Waals surface area (Å²) >= 11 is 0. The van der Waals surface area contributed by atoms with Crippen molar-refractivity contribution in [2.24, 2.45) is 11.8 Å². The van der Waals surface area contributed by atoms with Crippen LogP contribution in [0.2, 0.25) is 0 Å². The molecular weight excluding hydrogens is 474 g/mol. The fraction of sp³-hybridized carbons (Fsp3) is 0.552. The molecule has 0 aliphatic carbocycles. The maximum atomic E-state index is 12.4. The quantitative estimate of drug-likeness (QED) is 0.206. The van der Waals surface area contributed by atoms with Gasteiger partial charge in [0.05, 0.1) is 38.1 Å². The van der Waals surface area contributed by atoms with E-state index in [0.717, 1.165) is 17.5 Å². The van der Waals surface area contributed by atoms with Crippen molar-refractivity contribution >= 4 is 5.97 Å². The first-order valence-electron chi connectivity index (χ1n) is 13.1. The summed E-state index contributed by atoms with van der Waals surface area (Å²) < 4.78 is 24.4. The Balaban J connectivity index is 1.86. The van der Waals surface area contributed by atoms with Crippen molar-refractivity contribution in [3.63, 3.8) is 0 Å². The van der Waals surface area contributed by atoms with Crippen molar-refractivity contribution in [2.75, 3.05) is 6.61 Å². The lowest BCUT2D eigenvalue weighted by molar-refractivity contribution is -0.519. The van der Waals surface area contributed by atoms with E-state index in [1.165, 1.54) is 0 Å². The maximum Gasteiger partial charge on any atom is 0.381 e. The molecule has 8 nitrogen and oxygen atoms in total. The van der Waals surface area contributed by atoms with Crippen LogP contribution in [0.4, 0.5) is 0 Å². The second kappa shape index (κ2) is 14.2. The third-order valence-electron chi connectivity index (χ3n) is 7.02. The molecule has 0 N–H and O–H groups in total. The molecule has 0 bridgehead atoms. The molecule has 2 aromatic rings. The van der Waals surface area contributed by atoms with Crippen LogP contribution in [0.25, 0.3) is 0 Å². The molecule has 0 radical (unpaired) electrons. The van der Waals surface area contributed by atoms with Gasteiger partial charge in [0.1, 0.15) is 6.10 Å². The van der Waals surface area contributed by atoms with Crippen LogP contribution in [0.1, 0.15) is 51.7 Å². The summed E-state index contributed by atoms with van der Waals surface area (Å²) in [6.45, 7) is 8.34. The zero-order chi connectivity index (χ0) is 26.8. The van der Waals surface area contributed by atoms with Crippen LogP contribution in [0, 0.1) is 22.0 Å². The summed E-state index contributed by atoms with van der Waals surface area (Å²) in [6.07, 6.45) is -0.337. The molecule has 1 aliphatic heterocycles. The number of nitrogens with zero attached hydrogens (tertiary/aromatic N) is 1. The maximum absolute atomic E-state index is 12.4. The smallest absolute Gasteiger partial charge is 0.381 e. The average Bonchev–Trinajstić information content (AvgIpc) is 2.89. The lowest BCUT2D eigenvalue weighted by Gasteiger charge is -2.46. The highest BCUT2D eigenvalue weighted by Gasteiger charge is 2.47. The lowest BCUT2D eigenvalue weighted by atomic mass is 9.82. The topological polar surface area (TPSA) is 97.1 Å². The monoisotopic (exact) mass is 513 g/mol. The lowest BCUT2D eigenvalue weighted by Crippen LogP contribution is -2.56. The molecule has 1 heterocycles. The summed E-state index contributed by atoms with van der Waals surface area (Å²) in [6, 6.07) is 18.3. The highest BCUT2D eigenvalue weighted by molar-refractivity contribution is 5.74. The first kappa shape index (κ1) is 28.8. The van der Waals surface area contributed by atoms with E-state index in [4.69, 9.17) is 18.9 Å². The van der Waals surface area contributed by atoms with Gasteiger partial charge in [-0.2, -0.15) is 0 Å². The SMILES string of the molecule is CCOC(=O)C(C(C)C[C@@H]1O[C@H](CC)[C@H](C)[C@H](OCc2ccccc2)[C@H]1OCc1ccccc1)[N+](=O)[O-]. The van der Waals surface area contributed by atoms with E-state index in [-0.39, 0.29) is 31.2 Å². The largest absolute Gasteiger partial charge is 0.461 e. The molecule has 1 aliphatic rings. The standard InChI is InChI=1S/C29H39NO7/c1-5-24-21(4)27(35-18-22-13-9-7-10-14-22)28(36-19-23-15-11-8-12-16-23)25(37-24)17-20(3)26(30(32)33)29(31)34-6-2/h7-16,20-21,24-28H,5-6,17-19H2,1-4H3/t20?,21-,24+,25-,26?,27-,28-/m0/s1. The van der Waals surface area contributed by atoms with E-state index in [2.05, 4.69) is 13.8 Å². The Morgan fingerprint density at radius 3 is 1.97 bits per heavy atom. The van der Waals surface area contributed by atoms with Gasteiger partial charge in [0.15, 0.2) is 0 Å². The molecule has 2 aromatic carbocycles. The second-order valence-electron chi connectivity index (χ2n) is 9.70. The van der Waals surface area contributed by atoms with E-state index >= 15 is 0 Å². The molecule has 202 valence electrons. The summed E-state index contributed by atoms with van der Waals surface area (Å²) in [4.78, 5) is 23.6. The van der Waals surface area contributed by atoms with Gasteiger partial charge in [-0.05, 0) is 30.9 Å². The second-order valence-corrected chi connectivity index (χ2v) is 9.70. The molecule has 8 heteroatoms. The third kappa shape index (κ3) is 7.84. The molecule has 3 rings (SSSR count). The Kier molecular flexibility index (Phi) is 11.0. The summed E-state index contributed by atoms with van der Waals surface area (Å²) in [5.74, 6) is -1.41. The number of hydrogen-bond donors (Lipinski definition) is 0. The molecule has 1 fully saturated rings. The van der Waals surface area contributed by atoms with E-state index in [1.54, 1.807) is 13.8 Å². The number of rotatable bonds is 13. The Morgan fingerprint density at radius 2 is 1.49 bits per heavy atom.